The number of aromatic nitrogens is 1. The van der Waals surface area contributed by atoms with Crippen LogP contribution in [0.3, 0.4) is 0 Å². The van der Waals surface area contributed by atoms with Gasteiger partial charge in [0, 0.05) is 31.1 Å². The van der Waals surface area contributed by atoms with Crippen molar-refractivity contribution < 1.29 is 18.7 Å². The summed E-state index contributed by atoms with van der Waals surface area (Å²) in [6.07, 6.45) is 4.47. The predicted molar refractivity (Wildman–Crippen MR) is 95.5 cm³/mol. The number of carbonyl (C=O) groups is 2. The van der Waals surface area contributed by atoms with Crippen molar-refractivity contribution in [2.24, 2.45) is 11.8 Å². The second-order valence-corrected chi connectivity index (χ2v) is 8.11. The first-order valence-electron chi connectivity index (χ1n) is 9.38. The van der Waals surface area contributed by atoms with Crippen LogP contribution in [0.2, 0.25) is 0 Å². The third-order valence-electron chi connectivity index (χ3n) is 6.07. The lowest BCUT2D eigenvalue weighted by molar-refractivity contribution is -0.122. The Bertz CT molecular complexity index is 758. The Morgan fingerprint density at radius 3 is 3.04 bits per heavy atom. The molecule has 3 aliphatic heterocycles. The number of halogens is 1. The third-order valence-corrected chi connectivity index (χ3v) is 6.07. The molecule has 3 aliphatic rings. The van der Waals surface area contributed by atoms with E-state index in [0.717, 1.165) is 19.0 Å². The number of hydrogen-bond donors (Lipinski definition) is 1. The molecule has 7 nitrogen and oxygen atoms in total. The number of nitrogens with zero attached hydrogens (tertiary/aromatic N) is 3. The second kappa shape index (κ2) is 6.83. The first-order chi connectivity index (χ1) is 12.9. The molecule has 0 aromatic carbocycles. The zero-order valence-electron chi connectivity index (χ0n) is 15.7. The highest BCUT2D eigenvalue weighted by Crippen LogP contribution is 2.54. The van der Waals surface area contributed by atoms with Crippen LogP contribution >= 0.6 is 0 Å². The van der Waals surface area contributed by atoms with E-state index in [0.29, 0.717) is 26.2 Å². The van der Waals surface area contributed by atoms with E-state index in [4.69, 9.17) is 4.74 Å². The molecule has 0 saturated carbocycles. The fourth-order valence-electron chi connectivity index (χ4n) is 4.91. The maximum Gasteiger partial charge on any atom is 0.257 e. The summed E-state index contributed by atoms with van der Waals surface area (Å²) >= 11 is 0. The maximum absolute atomic E-state index is 14.0. The van der Waals surface area contributed by atoms with E-state index in [1.807, 2.05) is 19.0 Å². The number of fused-ring (bicyclic) bond motifs is 1. The van der Waals surface area contributed by atoms with Gasteiger partial charge in [0.15, 0.2) is 5.82 Å². The van der Waals surface area contributed by atoms with Gasteiger partial charge in [-0.1, -0.05) is 0 Å². The van der Waals surface area contributed by atoms with Gasteiger partial charge in [-0.2, -0.15) is 0 Å². The van der Waals surface area contributed by atoms with Crippen molar-refractivity contribution in [1.29, 1.82) is 0 Å². The molecular formula is C19H25FN4O3. The molecule has 1 aromatic heterocycles. The SMILES string of the molecule is CN(C)CC(=O)NC[C@H]1[C@H]2CN(C(=O)c3ccncc3F)C[C@]23CC[C@H]1O3. The average Bonchev–Trinajstić information content (AvgIpc) is 3.27. The van der Waals surface area contributed by atoms with Crippen LogP contribution in [0.25, 0.3) is 0 Å². The molecule has 0 unspecified atom stereocenters. The summed E-state index contributed by atoms with van der Waals surface area (Å²) < 4.78 is 20.3. The van der Waals surface area contributed by atoms with E-state index in [9.17, 15) is 14.0 Å². The van der Waals surface area contributed by atoms with Gasteiger partial charge in [-0.3, -0.25) is 14.6 Å². The van der Waals surface area contributed by atoms with Crippen LogP contribution in [0.5, 0.6) is 0 Å². The number of amides is 2. The molecule has 1 N–H and O–H groups in total. The number of pyridine rings is 1. The summed E-state index contributed by atoms with van der Waals surface area (Å²) in [7, 11) is 3.71. The number of ether oxygens (including phenoxy) is 1. The Labute approximate surface area is 157 Å². The highest BCUT2D eigenvalue weighted by atomic mass is 19.1. The zero-order chi connectivity index (χ0) is 19.2. The summed E-state index contributed by atoms with van der Waals surface area (Å²) in [6, 6.07) is 1.42. The number of likely N-dealkylation sites (tertiary alicyclic amines) is 1. The standard InChI is InChI=1S/C19H25FN4O3/c1-23(2)10-17(25)22-7-13-14-9-24(11-19(14)5-3-16(13)27-19)18(26)12-4-6-21-8-15(12)20/h4,6,8,13-14,16H,3,5,7,9-11H2,1-2H3,(H,22,25)/t13-,14+,16+,19+/m0/s1. The Morgan fingerprint density at radius 2 is 2.30 bits per heavy atom. The Kier molecular flexibility index (Phi) is 4.63. The minimum absolute atomic E-state index is 0.0124. The van der Waals surface area contributed by atoms with Crippen molar-refractivity contribution in [2.45, 2.75) is 24.5 Å². The maximum atomic E-state index is 14.0. The molecule has 4 rings (SSSR count). The van der Waals surface area contributed by atoms with Gasteiger partial charge in [-0.15, -0.1) is 0 Å². The van der Waals surface area contributed by atoms with Crippen molar-refractivity contribution in [3.8, 4) is 0 Å². The molecule has 3 saturated heterocycles. The molecule has 1 aromatic rings. The average molecular weight is 376 g/mol. The molecule has 2 amide bonds. The summed E-state index contributed by atoms with van der Waals surface area (Å²) in [5.41, 5.74) is -0.299. The van der Waals surface area contributed by atoms with E-state index < -0.39 is 5.82 Å². The quantitative estimate of drug-likeness (QED) is 0.811. The van der Waals surface area contributed by atoms with Gasteiger partial charge in [0.25, 0.3) is 5.91 Å². The van der Waals surface area contributed by atoms with E-state index in [2.05, 4.69) is 10.3 Å². The van der Waals surface area contributed by atoms with Crippen LogP contribution < -0.4 is 5.32 Å². The number of carbonyl (C=O) groups excluding carboxylic acids is 2. The minimum atomic E-state index is -0.602. The van der Waals surface area contributed by atoms with Gasteiger partial charge in [0.1, 0.15) is 0 Å². The minimum Gasteiger partial charge on any atom is -0.369 e. The molecule has 2 bridgehead atoms. The Morgan fingerprint density at radius 1 is 1.48 bits per heavy atom. The number of nitrogens with one attached hydrogen (secondary N) is 1. The van der Waals surface area contributed by atoms with E-state index in [1.54, 1.807) is 4.90 Å². The third kappa shape index (κ3) is 3.21. The fourth-order valence-corrected chi connectivity index (χ4v) is 4.91. The first-order valence-corrected chi connectivity index (χ1v) is 9.38. The predicted octanol–water partition coefficient (Wildman–Crippen LogP) is 0.518. The fraction of sp³-hybridized carbons (Fsp3) is 0.632. The van der Waals surface area contributed by atoms with Crippen LogP contribution in [-0.4, -0.2) is 78.6 Å². The van der Waals surface area contributed by atoms with Crippen molar-refractivity contribution in [3.63, 3.8) is 0 Å². The highest BCUT2D eigenvalue weighted by Gasteiger charge is 2.63. The van der Waals surface area contributed by atoms with E-state index in [1.165, 1.54) is 12.3 Å². The monoisotopic (exact) mass is 376 g/mol. The summed E-state index contributed by atoms with van der Waals surface area (Å²) in [4.78, 5) is 32.0. The molecule has 0 aliphatic carbocycles. The smallest absolute Gasteiger partial charge is 0.257 e. The molecule has 4 atom stereocenters. The Balaban J connectivity index is 1.45. The summed E-state index contributed by atoms with van der Waals surface area (Å²) in [6.45, 7) is 1.91. The molecule has 1 spiro atoms. The van der Waals surface area contributed by atoms with E-state index >= 15 is 0 Å². The lowest BCUT2D eigenvalue weighted by atomic mass is 9.73. The second-order valence-electron chi connectivity index (χ2n) is 8.11. The highest BCUT2D eigenvalue weighted by molar-refractivity contribution is 5.94. The molecule has 27 heavy (non-hydrogen) atoms. The van der Waals surface area contributed by atoms with Crippen LogP contribution in [0.1, 0.15) is 23.2 Å². The van der Waals surface area contributed by atoms with Crippen molar-refractivity contribution in [3.05, 3.63) is 29.8 Å². The van der Waals surface area contributed by atoms with Gasteiger partial charge < -0.3 is 19.9 Å². The molecule has 8 heteroatoms. The van der Waals surface area contributed by atoms with Gasteiger partial charge in [0.2, 0.25) is 5.91 Å². The van der Waals surface area contributed by atoms with Crippen molar-refractivity contribution in [1.82, 2.24) is 20.1 Å². The normalized spacial score (nSPS) is 31.4. The number of hydrogen-bond acceptors (Lipinski definition) is 5. The lowest BCUT2D eigenvalue weighted by Crippen LogP contribution is -2.43. The lowest BCUT2D eigenvalue weighted by Gasteiger charge is -2.29. The first kappa shape index (κ1) is 18.3. The van der Waals surface area contributed by atoms with Gasteiger partial charge in [0.05, 0.1) is 36.6 Å². The molecular weight excluding hydrogens is 351 g/mol. The molecule has 0 radical (unpaired) electrons. The van der Waals surface area contributed by atoms with Crippen LogP contribution in [0, 0.1) is 17.7 Å². The molecule has 4 heterocycles. The Hall–Kier alpha value is -2.06. The largest absolute Gasteiger partial charge is 0.369 e. The molecule has 3 fully saturated rings. The van der Waals surface area contributed by atoms with E-state index in [-0.39, 0.29) is 40.9 Å². The summed E-state index contributed by atoms with van der Waals surface area (Å²) in [5.74, 6) is -0.577. The topological polar surface area (TPSA) is 74.8 Å². The van der Waals surface area contributed by atoms with Gasteiger partial charge in [-0.05, 0) is 33.0 Å². The van der Waals surface area contributed by atoms with Crippen LogP contribution in [-0.2, 0) is 9.53 Å². The van der Waals surface area contributed by atoms with Gasteiger partial charge >= 0.3 is 0 Å². The van der Waals surface area contributed by atoms with Gasteiger partial charge in [-0.25, -0.2) is 4.39 Å². The van der Waals surface area contributed by atoms with Crippen molar-refractivity contribution >= 4 is 11.8 Å². The van der Waals surface area contributed by atoms with Crippen molar-refractivity contribution in [2.75, 3.05) is 40.3 Å². The van der Waals surface area contributed by atoms with Crippen LogP contribution in [0.15, 0.2) is 18.5 Å². The zero-order valence-corrected chi connectivity index (χ0v) is 15.7. The summed E-state index contributed by atoms with van der Waals surface area (Å²) in [5, 5.41) is 3.00. The molecule has 146 valence electrons. The number of likely N-dealkylation sites (N-methyl/N-ethyl adjacent to an activating group) is 1. The number of rotatable bonds is 5. The van der Waals surface area contributed by atoms with Crippen LogP contribution in [0.4, 0.5) is 4.39 Å².